The molecule has 0 bridgehead atoms. The zero-order valence-corrected chi connectivity index (χ0v) is 18.1. The Balaban J connectivity index is 1.85. The molecule has 0 saturated carbocycles. The van der Waals surface area contributed by atoms with Crippen LogP contribution in [0, 0.1) is 5.82 Å². The van der Waals surface area contributed by atoms with Gasteiger partial charge < -0.3 is 9.30 Å². The van der Waals surface area contributed by atoms with Crippen molar-refractivity contribution >= 4 is 39.1 Å². The fourth-order valence-electron chi connectivity index (χ4n) is 2.53. The summed E-state index contributed by atoms with van der Waals surface area (Å²) in [5.41, 5.74) is 0.112. The lowest BCUT2D eigenvalue weighted by Crippen LogP contribution is -2.31. The van der Waals surface area contributed by atoms with Crippen LogP contribution in [0.15, 0.2) is 53.8 Å². The number of rotatable bonds is 6. The van der Waals surface area contributed by atoms with Crippen LogP contribution in [-0.4, -0.2) is 30.0 Å². The van der Waals surface area contributed by atoms with Crippen LogP contribution in [0.5, 0.6) is 5.75 Å². The van der Waals surface area contributed by atoms with Gasteiger partial charge >= 0.3 is 0 Å². The summed E-state index contributed by atoms with van der Waals surface area (Å²) in [6.45, 7) is 3.57. The minimum atomic E-state index is -4.31. The Bertz CT molecular complexity index is 1190. The molecule has 0 aliphatic carbocycles. The molecule has 0 fully saturated rings. The lowest BCUT2D eigenvalue weighted by Gasteiger charge is -2.12. The van der Waals surface area contributed by atoms with Gasteiger partial charge in [-0.3, -0.25) is 4.79 Å². The van der Waals surface area contributed by atoms with Gasteiger partial charge in [0.05, 0.1) is 16.8 Å². The molecular formula is C19H16Cl2FN3O4S. The molecule has 0 aliphatic rings. The number of ether oxygens (including phenoxy) is 1. The van der Waals surface area contributed by atoms with Crippen LogP contribution in [0.25, 0.3) is 5.69 Å². The predicted molar refractivity (Wildman–Crippen MR) is 110 cm³/mol. The number of benzene rings is 2. The zero-order valence-electron chi connectivity index (χ0n) is 15.8. The zero-order chi connectivity index (χ0) is 22.1. The fraction of sp³-hybridized carbons (Fsp3) is 0.158. The Hall–Kier alpha value is -2.62. The number of hydrogen-bond acceptors (Lipinski definition) is 5. The maximum atomic E-state index is 13.5. The number of halogens is 3. The first kappa shape index (κ1) is 22.1. The second-order valence-corrected chi connectivity index (χ2v) is 8.98. The summed E-state index contributed by atoms with van der Waals surface area (Å²) in [7, 11) is -4.31. The Kier molecular flexibility index (Phi) is 6.35. The minimum Gasteiger partial charge on any atom is -0.491 e. The number of carbonyl (C=O) groups excluding carboxylic acids is 1. The van der Waals surface area contributed by atoms with E-state index >= 15 is 0 Å². The van der Waals surface area contributed by atoms with Crippen LogP contribution < -0.4 is 9.46 Å². The Morgan fingerprint density at radius 3 is 2.60 bits per heavy atom. The number of aromatic nitrogens is 2. The Morgan fingerprint density at radius 1 is 1.20 bits per heavy atom. The van der Waals surface area contributed by atoms with E-state index in [2.05, 4.69) is 4.98 Å². The van der Waals surface area contributed by atoms with E-state index in [1.165, 1.54) is 47.4 Å². The molecule has 7 nitrogen and oxygen atoms in total. The van der Waals surface area contributed by atoms with Crippen LogP contribution in [0.1, 0.15) is 24.3 Å². The number of nitrogens with zero attached hydrogens (tertiary/aromatic N) is 2. The summed E-state index contributed by atoms with van der Waals surface area (Å²) in [5.74, 6) is -1.27. The first-order valence-electron chi connectivity index (χ1n) is 8.59. The average Bonchev–Trinajstić information content (AvgIpc) is 3.12. The first-order valence-corrected chi connectivity index (χ1v) is 10.8. The smallest absolute Gasteiger partial charge is 0.285 e. The van der Waals surface area contributed by atoms with Crippen molar-refractivity contribution in [1.29, 1.82) is 0 Å². The van der Waals surface area contributed by atoms with Crippen LogP contribution >= 0.6 is 23.2 Å². The molecule has 1 amide bonds. The van der Waals surface area contributed by atoms with Crippen molar-refractivity contribution in [3.63, 3.8) is 0 Å². The molecule has 11 heteroatoms. The predicted octanol–water partition coefficient (Wildman–Crippen LogP) is 4.22. The van der Waals surface area contributed by atoms with Crippen molar-refractivity contribution in [2.45, 2.75) is 24.8 Å². The van der Waals surface area contributed by atoms with Gasteiger partial charge in [-0.05, 0) is 44.2 Å². The Labute approximate surface area is 182 Å². The highest BCUT2D eigenvalue weighted by molar-refractivity contribution is 7.90. The second-order valence-electron chi connectivity index (χ2n) is 6.49. The number of nitrogens with one attached hydrogen (secondary N) is 1. The van der Waals surface area contributed by atoms with Crippen molar-refractivity contribution in [1.82, 2.24) is 14.3 Å². The molecule has 158 valence electrons. The van der Waals surface area contributed by atoms with E-state index in [1.807, 2.05) is 4.72 Å². The summed E-state index contributed by atoms with van der Waals surface area (Å²) in [5, 5.41) is 0.0803. The normalized spacial score (nSPS) is 11.5. The van der Waals surface area contributed by atoms with Crippen molar-refractivity contribution in [3.8, 4) is 11.4 Å². The van der Waals surface area contributed by atoms with Gasteiger partial charge in [0, 0.05) is 17.3 Å². The highest BCUT2D eigenvalue weighted by Gasteiger charge is 2.24. The number of carbonyl (C=O) groups is 1. The van der Waals surface area contributed by atoms with Gasteiger partial charge in [-0.1, -0.05) is 23.2 Å². The van der Waals surface area contributed by atoms with E-state index in [0.717, 1.165) is 6.07 Å². The SMILES string of the molecule is CC(C)Oc1ccc(Cl)c(S(=O)(=O)NC(=O)c2cn(-c3cc(F)cc(Cl)c3)cn2)c1. The maximum Gasteiger partial charge on any atom is 0.285 e. The molecule has 1 heterocycles. The lowest BCUT2D eigenvalue weighted by molar-refractivity contribution is 0.0977. The van der Waals surface area contributed by atoms with Gasteiger partial charge in [-0.15, -0.1) is 0 Å². The third kappa shape index (κ3) is 5.10. The molecule has 2 aromatic carbocycles. The lowest BCUT2D eigenvalue weighted by atomic mass is 10.3. The summed E-state index contributed by atoms with van der Waals surface area (Å²) in [6.07, 6.45) is 2.30. The third-order valence-electron chi connectivity index (χ3n) is 3.75. The highest BCUT2D eigenvalue weighted by atomic mass is 35.5. The van der Waals surface area contributed by atoms with Crippen molar-refractivity contribution in [3.05, 3.63) is 70.5 Å². The standard InChI is InChI=1S/C19H16Cl2FN3O4S/c1-11(2)29-15-3-4-16(21)18(8-15)30(27,28)24-19(26)17-9-25(10-23-17)14-6-12(20)5-13(22)7-14/h3-11H,1-2H3,(H,24,26). The summed E-state index contributed by atoms with van der Waals surface area (Å²) < 4.78 is 47.6. The van der Waals surface area contributed by atoms with Gasteiger partial charge in [0.15, 0.2) is 0 Å². The summed E-state index contributed by atoms with van der Waals surface area (Å²) in [6, 6.07) is 7.89. The van der Waals surface area contributed by atoms with Crippen LogP contribution in [0.2, 0.25) is 10.0 Å². The quantitative estimate of drug-likeness (QED) is 0.580. The molecule has 0 spiro atoms. The largest absolute Gasteiger partial charge is 0.491 e. The van der Waals surface area contributed by atoms with E-state index < -0.39 is 21.7 Å². The molecule has 0 saturated heterocycles. The van der Waals surface area contributed by atoms with Crippen molar-refractivity contribution in [2.75, 3.05) is 0 Å². The highest BCUT2D eigenvalue weighted by Crippen LogP contribution is 2.27. The van der Waals surface area contributed by atoms with Crippen molar-refractivity contribution in [2.24, 2.45) is 0 Å². The van der Waals surface area contributed by atoms with Crippen molar-refractivity contribution < 1.29 is 22.3 Å². The van der Waals surface area contributed by atoms with Gasteiger partial charge in [-0.25, -0.2) is 22.5 Å². The van der Waals surface area contributed by atoms with Gasteiger partial charge in [0.1, 0.15) is 28.5 Å². The molecule has 30 heavy (non-hydrogen) atoms. The summed E-state index contributed by atoms with van der Waals surface area (Å²) >= 11 is 11.8. The Morgan fingerprint density at radius 2 is 1.93 bits per heavy atom. The number of hydrogen-bond donors (Lipinski definition) is 1. The fourth-order valence-corrected chi connectivity index (χ4v) is 4.23. The minimum absolute atomic E-state index is 0.0775. The second kappa shape index (κ2) is 8.63. The van der Waals surface area contributed by atoms with Crippen LogP contribution in [0.4, 0.5) is 4.39 Å². The molecule has 0 atom stereocenters. The van der Waals surface area contributed by atoms with E-state index in [9.17, 15) is 17.6 Å². The molecule has 0 aliphatic heterocycles. The molecule has 1 aromatic heterocycles. The van der Waals surface area contributed by atoms with Crippen LogP contribution in [0.3, 0.4) is 0 Å². The van der Waals surface area contributed by atoms with Gasteiger partial charge in [0.2, 0.25) is 0 Å². The van der Waals surface area contributed by atoms with Gasteiger partial charge in [-0.2, -0.15) is 0 Å². The third-order valence-corrected chi connectivity index (χ3v) is 5.78. The maximum absolute atomic E-state index is 13.5. The average molecular weight is 472 g/mol. The molecule has 0 radical (unpaired) electrons. The number of sulfonamides is 1. The molecule has 0 unspecified atom stereocenters. The molecule has 3 aromatic rings. The van der Waals surface area contributed by atoms with Crippen LogP contribution in [-0.2, 0) is 10.0 Å². The van der Waals surface area contributed by atoms with E-state index in [1.54, 1.807) is 13.8 Å². The molecule has 3 rings (SSSR count). The monoisotopic (exact) mass is 471 g/mol. The van der Waals surface area contributed by atoms with E-state index in [-0.39, 0.29) is 32.5 Å². The van der Waals surface area contributed by atoms with E-state index in [0.29, 0.717) is 5.69 Å². The van der Waals surface area contributed by atoms with Gasteiger partial charge in [0.25, 0.3) is 15.9 Å². The first-order chi connectivity index (χ1) is 14.0. The van der Waals surface area contributed by atoms with E-state index in [4.69, 9.17) is 27.9 Å². The number of imidazole rings is 1. The topological polar surface area (TPSA) is 90.3 Å². The molecular weight excluding hydrogens is 456 g/mol. The summed E-state index contributed by atoms with van der Waals surface area (Å²) in [4.78, 5) is 16.0. The molecule has 1 N–H and O–H groups in total. The number of amides is 1.